The Hall–Kier alpha value is -1.70. The summed E-state index contributed by atoms with van der Waals surface area (Å²) in [5.74, 6) is -0.262. The van der Waals surface area contributed by atoms with E-state index < -0.39 is 9.84 Å². The van der Waals surface area contributed by atoms with Crippen LogP contribution in [0.2, 0.25) is 0 Å². The van der Waals surface area contributed by atoms with Crippen LogP contribution in [0, 0.1) is 6.92 Å². The van der Waals surface area contributed by atoms with Gasteiger partial charge in [-0.05, 0) is 60.1 Å². The molecule has 0 bridgehead atoms. The van der Waals surface area contributed by atoms with Gasteiger partial charge in [0, 0.05) is 18.4 Å². The second kappa shape index (κ2) is 8.79. The summed E-state index contributed by atoms with van der Waals surface area (Å²) < 4.78 is 23.8. The minimum absolute atomic E-state index is 0.0972. The molecule has 1 amide bonds. The third-order valence-electron chi connectivity index (χ3n) is 4.49. The van der Waals surface area contributed by atoms with Crippen LogP contribution in [-0.2, 0) is 9.84 Å². The monoisotopic (exact) mass is 394 g/mol. The number of nitrogens with one attached hydrogen (secondary N) is 1. The van der Waals surface area contributed by atoms with Crippen molar-refractivity contribution in [2.45, 2.75) is 31.7 Å². The molecule has 0 saturated heterocycles. The molecule has 5 nitrogen and oxygen atoms in total. The van der Waals surface area contributed by atoms with Gasteiger partial charge < -0.3 is 5.32 Å². The number of rotatable bonds is 8. The maximum Gasteiger partial charge on any atom is 0.251 e. The maximum atomic E-state index is 12.6. The number of thiophene rings is 1. The highest BCUT2D eigenvalue weighted by molar-refractivity contribution is 7.90. The Kier molecular flexibility index (Phi) is 6.97. The number of amides is 1. The van der Waals surface area contributed by atoms with Crippen LogP contribution >= 0.6 is 11.3 Å². The van der Waals surface area contributed by atoms with E-state index in [1.807, 2.05) is 5.38 Å². The number of sulfone groups is 1. The largest absolute Gasteiger partial charge is 0.350 e. The van der Waals surface area contributed by atoms with Crippen LogP contribution in [0.15, 0.2) is 39.9 Å². The summed E-state index contributed by atoms with van der Waals surface area (Å²) >= 11 is 1.64. The van der Waals surface area contributed by atoms with Gasteiger partial charge >= 0.3 is 0 Å². The maximum absolute atomic E-state index is 12.6. The fraction of sp³-hybridized carbons (Fsp3) is 0.421. The highest BCUT2D eigenvalue weighted by atomic mass is 32.2. The van der Waals surface area contributed by atoms with Crippen molar-refractivity contribution in [1.29, 1.82) is 0 Å². The molecule has 1 aromatic heterocycles. The lowest BCUT2D eigenvalue weighted by Crippen LogP contribution is -2.38. The SMILES string of the molecule is CCN(CC)C(CNC(=O)c1ccc(C)c(S(C)(=O)=O)c1)c1ccsc1. The molecular weight excluding hydrogens is 368 g/mol. The molecule has 26 heavy (non-hydrogen) atoms. The van der Waals surface area contributed by atoms with Gasteiger partial charge in [-0.15, -0.1) is 0 Å². The van der Waals surface area contributed by atoms with Crippen LogP contribution in [0.5, 0.6) is 0 Å². The van der Waals surface area contributed by atoms with Crippen LogP contribution in [0.4, 0.5) is 0 Å². The molecule has 0 fully saturated rings. The topological polar surface area (TPSA) is 66.5 Å². The quantitative estimate of drug-likeness (QED) is 0.746. The number of aryl methyl sites for hydroxylation is 1. The molecular formula is C19H26N2O3S2. The fourth-order valence-corrected chi connectivity index (χ4v) is 4.72. The summed E-state index contributed by atoms with van der Waals surface area (Å²) in [5, 5.41) is 7.10. The molecule has 2 aromatic rings. The Morgan fingerprint density at radius 3 is 2.46 bits per heavy atom. The van der Waals surface area contributed by atoms with Gasteiger partial charge in [-0.25, -0.2) is 8.42 Å². The van der Waals surface area contributed by atoms with E-state index in [2.05, 4.69) is 35.5 Å². The first-order valence-electron chi connectivity index (χ1n) is 8.63. The molecule has 1 unspecified atom stereocenters. The predicted octanol–water partition coefficient (Wildman–Crippen LogP) is 3.27. The first-order chi connectivity index (χ1) is 12.3. The second-order valence-electron chi connectivity index (χ2n) is 6.26. The van der Waals surface area contributed by atoms with Crippen molar-refractivity contribution >= 4 is 27.1 Å². The zero-order chi connectivity index (χ0) is 19.3. The summed E-state index contributed by atoms with van der Waals surface area (Å²) in [6, 6.07) is 6.97. The third kappa shape index (κ3) is 4.93. The molecule has 0 spiro atoms. The minimum atomic E-state index is -3.36. The molecule has 142 valence electrons. The van der Waals surface area contributed by atoms with E-state index in [0.717, 1.165) is 19.3 Å². The molecule has 7 heteroatoms. The van der Waals surface area contributed by atoms with Gasteiger partial charge in [0.05, 0.1) is 10.9 Å². The zero-order valence-electron chi connectivity index (χ0n) is 15.7. The van der Waals surface area contributed by atoms with Gasteiger partial charge in [0.1, 0.15) is 0 Å². The number of nitrogens with zero attached hydrogens (tertiary/aromatic N) is 1. The van der Waals surface area contributed by atoms with E-state index in [-0.39, 0.29) is 16.8 Å². The Bertz CT molecular complexity index is 842. The molecule has 1 atom stereocenters. The zero-order valence-corrected chi connectivity index (χ0v) is 17.3. The number of hydrogen-bond donors (Lipinski definition) is 1. The van der Waals surface area contributed by atoms with Crippen molar-refractivity contribution in [2.75, 3.05) is 25.9 Å². The van der Waals surface area contributed by atoms with Crippen LogP contribution in [0.1, 0.15) is 41.4 Å². The lowest BCUT2D eigenvalue weighted by Gasteiger charge is -2.29. The van der Waals surface area contributed by atoms with Crippen molar-refractivity contribution < 1.29 is 13.2 Å². The molecule has 0 saturated carbocycles. The van der Waals surface area contributed by atoms with Gasteiger partial charge in [0.2, 0.25) is 0 Å². The normalized spacial score (nSPS) is 13.0. The Labute approximate surface area is 160 Å². The molecule has 0 radical (unpaired) electrons. The first kappa shape index (κ1) is 20.6. The van der Waals surface area contributed by atoms with Crippen LogP contribution in [0.25, 0.3) is 0 Å². The highest BCUT2D eigenvalue weighted by Crippen LogP contribution is 2.22. The second-order valence-corrected chi connectivity index (χ2v) is 9.02. The van der Waals surface area contributed by atoms with Gasteiger partial charge in [0.15, 0.2) is 9.84 Å². The van der Waals surface area contributed by atoms with E-state index >= 15 is 0 Å². The van der Waals surface area contributed by atoms with Crippen LogP contribution in [-0.4, -0.2) is 45.1 Å². The number of hydrogen-bond acceptors (Lipinski definition) is 5. The summed E-state index contributed by atoms with van der Waals surface area (Å²) in [6.07, 6.45) is 1.16. The van der Waals surface area contributed by atoms with Crippen molar-refractivity contribution in [1.82, 2.24) is 10.2 Å². The smallest absolute Gasteiger partial charge is 0.251 e. The Morgan fingerprint density at radius 1 is 1.23 bits per heavy atom. The summed E-state index contributed by atoms with van der Waals surface area (Å²) in [6.45, 7) is 8.17. The molecule has 0 aliphatic carbocycles. The molecule has 1 heterocycles. The molecule has 1 N–H and O–H groups in total. The molecule has 0 aliphatic heterocycles. The van der Waals surface area contributed by atoms with Crippen molar-refractivity contribution in [3.63, 3.8) is 0 Å². The minimum Gasteiger partial charge on any atom is -0.350 e. The van der Waals surface area contributed by atoms with E-state index in [9.17, 15) is 13.2 Å². The van der Waals surface area contributed by atoms with E-state index in [1.165, 1.54) is 11.6 Å². The van der Waals surface area contributed by atoms with Crippen molar-refractivity contribution in [3.8, 4) is 0 Å². The highest BCUT2D eigenvalue weighted by Gasteiger charge is 2.20. The van der Waals surface area contributed by atoms with Crippen LogP contribution < -0.4 is 5.32 Å². The predicted molar refractivity (Wildman–Crippen MR) is 107 cm³/mol. The summed E-state index contributed by atoms with van der Waals surface area (Å²) in [5.41, 5.74) is 2.18. The Balaban J connectivity index is 2.18. The van der Waals surface area contributed by atoms with Gasteiger partial charge in [-0.3, -0.25) is 9.69 Å². The number of likely N-dealkylation sites (N-methyl/N-ethyl adjacent to an activating group) is 1. The summed E-state index contributed by atoms with van der Waals surface area (Å²) in [4.78, 5) is 15.1. The lowest BCUT2D eigenvalue weighted by atomic mass is 10.1. The number of carbonyl (C=O) groups excluding carboxylic acids is 1. The molecule has 1 aromatic carbocycles. The van der Waals surface area contributed by atoms with Gasteiger partial charge in [-0.1, -0.05) is 19.9 Å². The number of carbonyl (C=O) groups is 1. The molecule has 0 aliphatic rings. The fourth-order valence-electron chi connectivity index (χ4n) is 3.02. The number of benzene rings is 1. The van der Waals surface area contributed by atoms with E-state index in [1.54, 1.807) is 30.4 Å². The van der Waals surface area contributed by atoms with E-state index in [0.29, 0.717) is 17.7 Å². The lowest BCUT2D eigenvalue weighted by molar-refractivity contribution is 0.0935. The van der Waals surface area contributed by atoms with Gasteiger partial charge in [0.25, 0.3) is 5.91 Å². The van der Waals surface area contributed by atoms with Crippen LogP contribution in [0.3, 0.4) is 0 Å². The average molecular weight is 395 g/mol. The van der Waals surface area contributed by atoms with E-state index in [4.69, 9.17) is 0 Å². The standard InChI is InChI=1S/C19H26N2O3S2/c1-5-21(6-2)17(16-9-10-25-13-16)12-20-19(22)15-8-7-14(3)18(11-15)26(4,23)24/h7-11,13,17H,5-6,12H2,1-4H3,(H,20,22). The molecule has 2 rings (SSSR count). The third-order valence-corrected chi connectivity index (χ3v) is 6.43. The average Bonchev–Trinajstić information content (AvgIpc) is 3.12. The van der Waals surface area contributed by atoms with Crippen molar-refractivity contribution in [2.24, 2.45) is 0 Å². The summed E-state index contributed by atoms with van der Waals surface area (Å²) in [7, 11) is -3.36. The van der Waals surface area contributed by atoms with Gasteiger partial charge in [-0.2, -0.15) is 11.3 Å². The first-order valence-corrected chi connectivity index (χ1v) is 11.5. The van der Waals surface area contributed by atoms with Crippen molar-refractivity contribution in [3.05, 3.63) is 51.7 Å². The Morgan fingerprint density at radius 2 is 1.92 bits per heavy atom.